The Labute approximate surface area is 196 Å². The van der Waals surface area contributed by atoms with Crippen molar-refractivity contribution in [2.24, 2.45) is 5.16 Å². The summed E-state index contributed by atoms with van der Waals surface area (Å²) in [5.74, 6) is -1.70. The van der Waals surface area contributed by atoms with Crippen molar-refractivity contribution in [3.63, 3.8) is 0 Å². The molecule has 1 heterocycles. The minimum atomic E-state index is -1.27. The number of esters is 2. The van der Waals surface area contributed by atoms with Crippen molar-refractivity contribution >= 4 is 29.7 Å². The number of carboxylic acids is 1. The molecule has 178 valence electrons. The van der Waals surface area contributed by atoms with Gasteiger partial charge in [-0.1, -0.05) is 41.6 Å². The summed E-state index contributed by atoms with van der Waals surface area (Å²) in [6.45, 7) is 0.336. The maximum Gasteiger partial charge on any atom is 0.328 e. The van der Waals surface area contributed by atoms with Crippen molar-refractivity contribution in [3.8, 4) is 5.75 Å². The van der Waals surface area contributed by atoms with Gasteiger partial charge in [0.15, 0.2) is 5.60 Å². The summed E-state index contributed by atoms with van der Waals surface area (Å²) in [7, 11) is 2.49. The van der Waals surface area contributed by atoms with Gasteiger partial charge in [0.2, 0.25) is 0 Å². The van der Waals surface area contributed by atoms with Crippen molar-refractivity contribution in [2.45, 2.75) is 31.5 Å². The molecule has 9 nitrogen and oxygen atoms in total. The minimum absolute atomic E-state index is 0.104. The predicted octanol–water partition coefficient (Wildman–Crippen LogP) is 3.35. The summed E-state index contributed by atoms with van der Waals surface area (Å²) < 4.78 is 15.4. The number of ether oxygens (including phenoxy) is 3. The second kappa shape index (κ2) is 11.1. The largest absolute Gasteiger partial charge is 0.489 e. The third-order valence-electron chi connectivity index (χ3n) is 5.22. The number of rotatable bonds is 10. The Hall–Kier alpha value is -4.14. The zero-order chi connectivity index (χ0) is 24.6. The highest BCUT2D eigenvalue weighted by Gasteiger charge is 2.44. The van der Waals surface area contributed by atoms with Crippen molar-refractivity contribution < 1.29 is 38.5 Å². The second-order valence-electron chi connectivity index (χ2n) is 7.69. The van der Waals surface area contributed by atoms with Crippen LogP contribution in [0.2, 0.25) is 0 Å². The van der Waals surface area contributed by atoms with E-state index in [4.69, 9.17) is 24.2 Å². The topological polar surface area (TPSA) is 121 Å². The first-order valence-corrected chi connectivity index (χ1v) is 10.4. The lowest BCUT2D eigenvalue weighted by atomic mass is 9.87. The van der Waals surface area contributed by atoms with Crippen LogP contribution in [-0.4, -0.2) is 48.5 Å². The molecule has 0 saturated heterocycles. The molecule has 0 radical (unpaired) electrons. The number of methoxy groups -OCH3 is 2. The van der Waals surface area contributed by atoms with E-state index in [1.807, 2.05) is 30.3 Å². The third-order valence-corrected chi connectivity index (χ3v) is 5.22. The Bertz CT molecular complexity index is 1090. The maximum absolute atomic E-state index is 12.0. The Morgan fingerprint density at radius 2 is 1.74 bits per heavy atom. The smallest absolute Gasteiger partial charge is 0.328 e. The second-order valence-corrected chi connectivity index (χ2v) is 7.69. The SMILES string of the molecule is COC(=O)CC1(CC(=O)OC)CC(c2cc(OCc3ccccc3)ccc2/C=C/C(=O)O)=NO1. The molecule has 1 aliphatic rings. The van der Waals surface area contributed by atoms with Gasteiger partial charge >= 0.3 is 17.9 Å². The fourth-order valence-corrected chi connectivity index (χ4v) is 3.51. The fourth-order valence-electron chi connectivity index (χ4n) is 3.51. The molecule has 2 aromatic carbocycles. The molecule has 0 amide bonds. The van der Waals surface area contributed by atoms with Gasteiger partial charge in [0.05, 0.1) is 32.8 Å². The van der Waals surface area contributed by atoms with Crippen molar-refractivity contribution in [3.05, 3.63) is 71.3 Å². The highest BCUT2D eigenvalue weighted by molar-refractivity contribution is 6.05. The normalized spacial score (nSPS) is 14.2. The Balaban J connectivity index is 1.90. The van der Waals surface area contributed by atoms with Gasteiger partial charge in [-0.3, -0.25) is 9.59 Å². The molecular formula is C25H25NO8. The Morgan fingerprint density at radius 3 is 2.35 bits per heavy atom. The zero-order valence-corrected chi connectivity index (χ0v) is 18.9. The number of hydrogen-bond donors (Lipinski definition) is 1. The predicted molar refractivity (Wildman–Crippen MR) is 122 cm³/mol. The molecule has 0 unspecified atom stereocenters. The molecule has 9 heteroatoms. The third kappa shape index (κ3) is 6.44. The average Bonchev–Trinajstić information content (AvgIpc) is 3.25. The Morgan fingerprint density at radius 1 is 1.06 bits per heavy atom. The summed E-state index contributed by atoms with van der Waals surface area (Å²) in [5.41, 5.74) is 1.26. The molecular weight excluding hydrogens is 442 g/mol. The van der Waals surface area contributed by atoms with Crippen LogP contribution in [0.15, 0.2) is 59.8 Å². The first-order chi connectivity index (χ1) is 16.3. The molecule has 0 bridgehead atoms. The number of hydrogen-bond acceptors (Lipinski definition) is 8. The van der Waals surface area contributed by atoms with Crippen LogP contribution < -0.4 is 4.74 Å². The van der Waals surface area contributed by atoms with Crippen LogP contribution in [0.3, 0.4) is 0 Å². The van der Waals surface area contributed by atoms with E-state index in [2.05, 4.69) is 5.16 Å². The van der Waals surface area contributed by atoms with E-state index in [0.29, 0.717) is 29.2 Å². The van der Waals surface area contributed by atoms with E-state index in [1.165, 1.54) is 20.3 Å². The summed E-state index contributed by atoms with van der Waals surface area (Å²) in [4.78, 5) is 40.7. The monoisotopic (exact) mass is 467 g/mol. The van der Waals surface area contributed by atoms with Gasteiger partial charge in [0.1, 0.15) is 12.4 Å². The fraction of sp³-hybridized carbons (Fsp3) is 0.280. The molecule has 1 N–H and O–H groups in total. The summed E-state index contributed by atoms with van der Waals surface area (Å²) in [6, 6.07) is 14.8. The van der Waals surface area contributed by atoms with Crippen LogP contribution in [0.5, 0.6) is 5.75 Å². The number of carbonyl (C=O) groups excluding carboxylic acids is 2. The molecule has 0 saturated carbocycles. The summed E-state index contributed by atoms with van der Waals surface area (Å²) in [6.07, 6.45) is 2.12. The maximum atomic E-state index is 12.0. The van der Waals surface area contributed by atoms with Crippen molar-refractivity contribution in [2.75, 3.05) is 14.2 Å². The molecule has 0 atom stereocenters. The number of carboxylic acid groups (broad SMARTS) is 1. The molecule has 1 aliphatic heterocycles. The van der Waals surface area contributed by atoms with Crippen LogP contribution in [0, 0.1) is 0 Å². The van der Waals surface area contributed by atoms with Gasteiger partial charge in [-0.05, 0) is 29.3 Å². The lowest BCUT2D eigenvalue weighted by Crippen LogP contribution is -2.36. The zero-order valence-electron chi connectivity index (χ0n) is 18.9. The van der Waals surface area contributed by atoms with E-state index in [9.17, 15) is 14.4 Å². The first-order valence-electron chi connectivity index (χ1n) is 10.4. The lowest BCUT2D eigenvalue weighted by molar-refractivity contribution is -0.155. The van der Waals surface area contributed by atoms with Gasteiger partial charge in [0, 0.05) is 18.1 Å². The molecule has 0 aromatic heterocycles. The van der Waals surface area contributed by atoms with Gasteiger partial charge in [0.25, 0.3) is 0 Å². The standard InChI is InChI=1S/C25H25NO8/c1-31-23(29)14-25(15-24(30)32-2)13-21(26-34-25)20-12-19(10-8-18(20)9-11-22(27)28)33-16-17-6-4-3-5-7-17/h3-12H,13-16H2,1-2H3,(H,27,28)/b11-9+. The van der Waals surface area contributed by atoms with E-state index in [0.717, 1.165) is 11.6 Å². The number of carbonyl (C=O) groups is 3. The van der Waals surface area contributed by atoms with Crippen LogP contribution in [0.1, 0.15) is 36.0 Å². The molecule has 0 spiro atoms. The average molecular weight is 467 g/mol. The first kappa shape index (κ1) is 24.5. The summed E-state index contributed by atoms with van der Waals surface area (Å²) in [5, 5.41) is 13.2. The number of aliphatic carboxylic acids is 1. The van der Waals surface area contributed by atoms with Crippen LogP contribution in [-0.2, 0) is 35.3 Å². The van der Waals surface area contributed by atoms with Gasteiger partial charge in [-0.2, -0.15) is 0 Å². The van der Waals surface area contributed by atoms with Crippen LogP contribution in [0.25, 0.3) is 6.08 Å². The number of nitrogens with zero attached hydrogens (tertiary/aromatic N) is 1. The van der Waals surface area contributed by atoms with E-state index < -0.39 is 23.5 Å². The van der Waals surface area contributed by atoms with E-state index >= 15 is 0 Å². The van der Waals surface area contributed by atoms with Crippen molar-refractivity contribution in [1.82, 2.24) is 0 Å². The minimum Gasteiger partial charge on any atom is -0.489 e. The molecule has 34 heavy (non-hydrogen) atoms. The highest BCUT2D eigenvalue weighted by atomic mass is 16.7. The van der Waals surface area contributed by atoms with Gasteiger partial charge in [-0.25, -0.2) is 4.79 Å². The quantitative estimate of drug-likeness (QED) is 0.417. The molecule has 0 aliphatic carbocycles. The van der Waals surface area contributed by atoms with E-state index in [1.54, 1.807) is 18.2 Å². The Kier molecular flexibility index (Phi) is 8.02. The highest BCUT2D eigenvalue weighted by Crippen LogP contribution is 2.36. The van der Waals surface area contributed by atoms with E-state index in [-0.39, 0.29) is 19.3 Å². The molecule has 0 fully saturated rings. The number of benzene rings is 2. The van der Waals surface area contributed by atoms with Crippen LogP contribution in [0.4, 0.5) is 0 Å². The van der Waals surface area contributed by atoms with Crippen LogP contribution >= 0.6 is 0 Å². The summed E-state index contributed by atoms with van der Waals surface area (Å²) >= 11 is 0. The lowest BCUT2D eigenvalue weighted by Gasteiger charge is -2.24. The van der Waals surface area contributed by atoms with Gasteiger partial charge in [-0.15, -0.1) is 0 Å². The van der Waals surface area contributed by atoms with Gasteiger partial charge < -0.3 is 24.2 Å². The molecule has 2 aromatic rings. The van der Waals surface area contributed by atoms with Crippen molar-refractivity contribution in [1.29, 1.82) is 0 Å². The molecule has 3 rings (SSSR count). The number of oxime groups is 1.